The molecule has 0 unspecified atom stereocenters. The summed E-state index contributed by atoms with van der Waals surface area (Å²) in [5.74, 6) is -0.874. The summed E-state index contributed by atoms with van der Waals surface area (Å²) in [6.45, 7) is 0. The van der Waals surface area contributed by atoms with Crippen molar-refractivity contribution in [3.63, 3.8) is 0 Å². The van der Waals surface area contributed by atoms with Crippen LogP contribution in [0.3, 0.4) is 0 Å². The summed E-state index contributed by atoms with van der Waals surface area (Å²) in [6.07, 6.45) is 1.36. The molecule has 8 nitrogen and oxygen atoms in total. The number of para-hydroxylation sites is 1. The van der Waals surface area contributed by atoms with Crippen LogP contribution in [0.4, 0.5) is 0 Å². The van der Waals surface area contributed by atoms with E-state index in [2.05, 4.69) is 5.32 Å². The van der Waals surface area contributed by atoms with E-state index in [9.17, 15) is 13.2 Å². The van der Waals surface area contributed by atoms with E-state index in [0.717, 1.165) is 11.6 Å². The summed E-state index contributed by atoms with van der Waals surface area (Å²) in [5.41, 5.74) is 1.36. The maximum Gasteiger partial charge on any atom is 0.635 e. The molecule has 2 aromatic rings. The van der Waals surface area contributed by atoms with E-state index in [4.69, 9.17) is 19.1 Å². The molecule has 1 amide bonds. The number of benzene rings is 1. The molecule has 0 spiro atoms. The molecule has 0 aliphatic rings. The number of hydrogen-bond donors (Lipinski definition) is 3. The lowest BCUT2D eigenvalue weighted by atomic mass is 10.1. The SMILES string of the molecule is CS(=O)(=O)CCC(=O)N[C@@H](Cc1coc2ccccc12)OB(O)O. The van der Waals surface area contributed by atoms with E-state index in [1.54, 1.807) is 6.07 Å². The number of fused-ring (bicyclic) bond motifs is 1. The molecule has 0 radical (unpaired) electrons. The van der Waals surface area contributed by atoms with Crippen LogP contribution in [0.15, 0.2) is 34.9 Å². The fraction of sp³-hybridized carbons (Fsp3) is 0.357. The van der Waals surface area contributed by atoms with Crippen molar-refractivity contribution in [1.29, 1.82) is 0 Å². The van der Waals surface area contributed by atoms with Gasteiger partial charge in [-0.3, -0.25) is 4.79 Å². The molecule has 1 aromatic carbocycles. The minimum Gasteiger partial charge on any atom is -0.464 e. The highest BCUT2D eigenvalue weighted by Crippen LogP contribution is 2.22. The quantitative estimate of drug-likeness (QED) is 0.444. The van der Waals surface area contributed by atoms with E-state index in [0.29, 0.717) is 11.1 Å². The van der Waals surface area contributed by atoms with E-state index in [1.807, 2.05) is 18.2 Å². The van der Waals surface area contributed by atoms with Gasteiger partial charge in [0.2, 0.25) is 5.91 Å². The molecule has 0 bridgehead atoms. The lowest BCUT2D eigenvalue weighted by Gasteiger charge is -2.19. The summed E-state index contributed by atoms with van der Waals surface area (Å²) >= 11 is 0. The predicted molar refractivity (Wildman–Crippen MR) is 87.5 cm³/mol. The highest BCUT2D eigenvalue weighted by Gasteiger charge is 2.22. The van der Waals surface area contributed by atoms with Gasteiger partial charge in [-0.15, -0.1) is 0 Å². The molecule has 0 aliphatic carbocycles. The van der Waals surface area contributed by atoms with Crippen molar-refractivity contribution in [2.75, 3.05) is 12.0 Å². The Balaban J connectivity index is 2.06. The second-order valence-electron chi connectivity index (χ2n) is 5.36. The highest BCUT2D eigenvalue weighted by atomic mass is 32.2. The average Bonchev–Trinajstić information content (AvgIpc) is 2.87. The van der Waals surface area contributed by atoms with Crippen LogP contribution in [0, 0.1) is 0 Å². The van der Waals surface area contributed by atoms with E-state index < -0.39 is 29.3 Å². The number of hydrogen-bond acceptors (Lipinski definition) is 7. The Morgan fingerprint density at radius 2 is 2.08 bits per heavy atom. The van der Waals surface area contributed by atoms with Crippen molar-refractivity contribution in [3.05, 3.63) is 36.1 Å². The Bertz CT molecular complexity index is 802. The Labute approximate surface area is 139 Å². The van der Waals surface area contributed by atoms with E-state index in [1.165, 1.54) is 6.26 Å². The van der Waals surface area contributed by atoms with Crippen LogP contribution in [0.2, 0.25) is 0 Å². The first-order valence-electron chi connectivity index (χ1n) is 7.18. The van der Waals surface area contributed by atoms with Crippen molar-refractivity contribution in [3.8, 4) is 0 Å². The third-order valence-corrected chi connectivity index (χ3v) is 4.22. The Morgan fingerprint density at radius 1 is 1.38 bits per heavy atom. The molecule has 1 aromatic heterocycles. The van der Waals surface area contributed by atoms with Crippen LogP contribution >= 0.6 is 0 Å². The monoisotopic (exact) mass is 355 g/mol. The number of sulfone groups is 1. The number of carbonyl (C=O) groups is 1. The Hall–Kier alpha value is -1.88. The van der Waals surface area contributed by atoms with Gasteiger partial charge >= 0.3 is 7.32 Å². The first-order chi connectivity index (χ1) is 11.2. The van der Waals surface area contributed by atoms with Crippen LogP contribution in [0.1, 0.15) is 12.0 Å². The fourth-order valence-corrected chi connectivity index (χ4v) is 2.76. The maximum atomic E-state index is 11.8. The third-order valence-electron chi connectivity index (χ3n) is 3.27. The molecule has 1 heterocycles. The van der Waals surface area contributed by atoms with Gasteiger partial charge in [-0.2, -0.15) is 0 Å². The van der Waals surface area contributed by atoms with Crippen LogP contribution < -0.4 is 5.32 Å². The molecule has 24 heavy (non-hydrogen) atoms. The molecule has 1 atom stereocenters. The first-order valence-corrected chi connectivity index (χ1v) is 9.24. The summed E-state index contributed by atoms with van der Waals surface area (Å²) in [4.78, 5) is 11.8. The summed E-state index contributed by atoms with van der Waals surface area (Å²) in [6, 6.07) is 7.24. The molecule has 2 rings (SSSR count). The third kappa shape index (κ3) is 5.64. The smallest absolute Gasteiger partial charge is 0.464 e. The van der Waals surface area contributed by atoms with Crippen molar-refractivity contribution >= 4 is 34.0 Å². The number of carbonyl (C=O) groups excluding carboxylic acids is 1. The Morgan fingerprint density at radius 3 is 2.75 bits per heavy atom. The molecule has 130 valence electrons. The normalized spacial score (nSPS) is 13.0. The van der Waals surface area contributed by atoms with Crippen LogP contribution in [-0.4, -0.2) is 49.9 Å². The van der Waals surface area contributed by atoms with Crippen LogP contribution in [-0.2, 0) is 25.7 Å². The lowest BCUT2D eigenvalue weighted by molar-refractivity contribution is -0.123. The minimum atomic E-state index is -3.27. The fourth-order valence-electron chi connectivity index (χ4n) is 2.20. The van der Waals surface area contributed by atoms with E-state index >= 15 is 0 Å². The standard InChI is InChI=1S/C14H18BNO7S/c1-24(20,21)7-6-13(17)16-14(23-15(18)19)8-10-9-22-12-5-3-2-4-11(10)12/h2-5,9,14,18-19H,6-8H2,1H3,(H,16,17)/t14-/m1/s1. The van der Waals surface area contributed by atoms with Crippen molar-refractivity contribution in [2.24, 2.45) is 0 Å². The van der Waals surface area contributed by atoms with Gasteiger partial charge in [0.05, 0.1) is 12.0 Å². The van der Waals surface area contributed by atoms with Gasteiger partial charge in [0.1, 0.15) is 21.6 Å². The van der Waals surface area contributed by atoms with Gasteiger partial charge in [0.15, 0.2) is 0 Å². The number of rotatable bonds is 8. The molecule has 0 aliphatic heterocycles. The largest absolute Gasteiger partial charge is 0.635 e. The number of furan rings is 1. The molecular weight excluding hydrogens is 337 g/mol. The number of amides is 1. The molecule has 0 saturated carbocycles. The molecule has 0 fully saturated rings. The van der Waals surface area contributed by atoms with Crippen LogP contribution in [0.25, 0.3) is 11.0 Å². The summed E-state index contributed by atoms with van der Waals surface area (Å²) in [7, 11) is -5.35. The van der Waals surface area contributed by atoms with Crippen molar-refractivity contribution < 1.29 is 32.3 Å². The maximum absolute atomic E-state index is 11.8. The van der Waals surface area contributed by atoms with E-state index in [-0.39, 0.29) is 18.6 Å². The predicted octanol–water partition coefficient (Wildman–Crippen LogP) is -0.162. The molecule has 10 heteroatoms. The molecule has 0 saturated heterocycles. The topological polar surface area (TPSA) is 126 Å². The van der Waals surface area contributed by atoms with Crippen molar-refractivity contribution in [2.45, 2.75) is 19.1 Å². The Kier molecular flexibility index (Phi) is 6.00. The van der Waals surface area contributed by atoms with Gasteiger partial charge < -0.3 is 24.4 Å². The minimum absolute atomic E-state index is 0.124. The van der Waals surface area contributed by atoms with Gasteiger partial charge in [-0.05, 0) is 6.07 Å². The second kappa shape index (κ2) is 7.80. The summed E-state index contributed by atoms with van der Waals surface area (Å²) in [5, 5.41) is 21.2. The number of nitrogens with one attached hydrogen (secondary N) is 1. The molecular formula is C14H18BNO7S. The van der Waals surface area contributed by atoms with Crippen molar-refractivity contribution in [1.82, 2.24) is 5.32 Å². The zero-order chi connectivity index (χ0) is 17.7. The lowest BCUT2D eigenvalue weighted by Crippen LogP contribution is -2.42. The van der Waals surface area contributed by atoms with Gasteiger partial charge in [-0.1, -0.05) is 18.2 Å². The van der Waals surface area contributed by atoms with Gasteiger partial charge in [0.25, 0.3) is 0 Å². The van der Waals surface area contributed by atoms with Gasteiger partial charge in [0, 0.05) is 30.0 Å². The second-order valence-corrected chi connectivity index (χ2v) is 7.62. The highest BCUT2D eigenvalue weighted by molar-refractivity contribution is 7.90. The van der Waals surface area contributed by atoms with Gasteiger partial charge in [-0.25, -0.2) is 8.42 Å². The average molecular weight is 355 g/mol. The first kappa shape index (κ1) is 18.5. The molecule has 3 N–H and O–H groups in total. The summed E-state index contributed by atoms with van der Waals surface area (Å²) < 4.78 is 32.4. The zero-order valence-electron chi connectivity index (χ0n) is 13.0. The van der Waals surface area contributed by atoms with Crippen LogP contribution in [0.5, 0.6) is 0 Å². The zero-order valence-corrected chi connectivity index (χ0v) is 13.8.